The third-order valence-corrected chi connectivity index (χ3v) is 13.5. The van der Waals surface area contributed by atoms with Crippen molar-refractivity contribution < 1.29 is 42.0 Å². The lowest BCUT2D eigenvalue weighted by atomic mass is 9.93. The van der Waals surface area contributed by atoms with Crippen molar-refractivity contribution in [2.75, 3.05) is 46.4 Å². The average molecular weight is 941 g/mol. The Hall–Kier alpha value is -5.99. The molecule has 0 spiro atoms. The molecule has 5 heterocycles. The van der Waals surface area contributed by atoms with Gasteiger partial charge in [0.2, 0.25) is 12.0 Å². The predicted octanol–water partition coefficient (Wildman–Crippen LogP) is 9.44. The zero-order chi connectivity index (χ0) is 46.5. The highest BCUT2D eigenvalue weighted by Gasteiger charge is 2.33. The molecule has 1 N–H and O–H groups in total. The van der Waals surface area contributed by atoms with Crippen LogP contribution in [0.4, 0.5) is 13.2 Å². The molecule has 66 heavy (non-hydrogen) atoms. The quantitative estimate of drug-likeness (QED) is 0.141. The van der Waals surface area contributed by atoms with E-state index >= 15 is 0 Å². The highest BCUT2D eigenvalue weighted by atomic mass is 35.5. The Bertz CT molecular complexity index is 2750. The first-order chi connectivity index (χ1) is 31.8. The molecule has 0 amide bonds. The lowest BCUT2D eigenvalue weighted by Crippen LogP contribution is -2.48. The van der Waals surface area contributed by atoms with Gasteiger partial charge in [-0.3, -0.25) is 4.90 Å². The standard InChI is InChI=1S/C49H48ClF3N6O6S/c1-5-37-29(3)43(50)38(6-2)64-36(25-59-21-19-58(4)20-22-59)27-62-35-11-12-39(63-26-34-15-18-54-45(57-34)31-13-16-49(52,53)17-14-31)32(23-35)24-40(48(60)61)65-46-42-41(37)44(66-47(42)56-28-55-46)30-7-9-33(51)10-8-30/h2,7-13,15,18,23,28,36,40H,5,14,16-17,19-22,24-27H2,1,3-4H3,(H,60,61)/b37-29+,43-38-/t36-,40-/m1/s1. The maximum Gasteiger partial charge on any atom is 0.345 e. The minimum atomic E-state index is -2.76. The topological polar surface area (TPSA) is 132 Å². The number of ether oxygens (including phenoxy) is 4. The number of fused-ring (bicyclic) bond motifs is 2. The Balaban J connectivity index is 1.23. The molecule has 8 rings (SSSR count). The molecule has 2 bridgehead atoms. The molecule has 17 heteroatoms. The van der Waals surface area contributed by atoms with Crippen LogP contribution in [-0.2, 0) is 22.6 Å². The van der Waals surface area contributed by atoms with Gasteiger partial charge in [-0.15, -0.1) is 17.8 Å². The number of piperazine rings is 1. The molecule has 1 saturated heterocycles. The Morgan fingerprint density at radius 3 is 2.59 bits per heavy atom. The Morgan fingerprint density at radius 1 is 1.09 bits per heavy atom. The van der Waals surface area contributed by atoms with Crippen molar-refractivity contribution in [1.82, 2.24) is 29.7 Å². The molecule has 3 aromatic heterocycles. The van der Waals surface area contributed by atoms with E-state index in [9.17, 15) is 23.1 Å². The number of rotatable bonds is 9. The van der Waals surface area contributed by atoms with Crippen molar-refractivity contribution in [1.29, 1.82) is 0 Å². The van der Waals surface area contributed by atoms with Gasteiger partial charge in [0.15, 0.2) is 11.6 Å². The number of aliphatic carboxylic acids is 1. The minimum Gasteiger partial charge on any atom is -0.490 e. The number of terminal acetylenes is 1. The highest BCUT2D eigenvalue weighted by Crippen LogP contribution is 2.48. The van der Waals surface area contributed by atoms with E-state index in [1.807, 2.05) is 13.8 Å². The highest BCUT2D eigenvalue weighted by molar-refractivity contribution is 7.22. The number of benzene rings is 2. The van der Waals surface area contributed by atoms with Crippen LogP contribution in [0.1, 0.15) is 62.2 Å². The number of alkyl halides is 2. The molecule has 12 nitrogen and oxygen atoms in total. The number of carboxylic acid groups (broad SMARTS) is 1. The number of allylic oxidation sites excluding steroid dienone is 6. The summed E-state index contributed by atoms with van der Waals surface area (Å²) in [6.07, 6.45) is 8.14. The van der Waals surface area contributed by atoms with Crippen LogP contribution >= 0.6 is 22.9 Å². The van der Waals surface area contributed by atoms with Gasteiger partial charge in [-0.05, 0) is 91.4 Å². The van der Waals surface area contributed by atoms with E-state index in [2.05, 4.69) is 42.7 Å². The largest absolute Gasteiger partial charge is 0.490 e. The van der Waals surface area contributed by atoms with E-state index < -0.39 is 29.9 Å². The predicted molar refractivity (Wildman–Crippen MR) is 247 cm³/mol. The van der Waals surface area contributed by atoms with E-state index in [4.69, 9.17) is 37.0 Å². The summed E-state index contributed by atoms with van der Waals surface area (Å²) in [5, 5.41) is 11.5. The van der Waals surface area contributed by atoms with Crippen molar-refractivity contribution in [3.05, 3.63) is 112 Å². The molecule has 2 atom stereocenters. The molecule has 1 aliphatic carbocycles. The van der Waals surface area contributed by atoms with Crippen LogP contribution in [0.25, 0.3) is 31.8 Å². The van der Waals surface area contributed by atoms with E-state index in [0.29, 0.717) is 78.9 Å². The number of hydrogen-bond acceptors (Lipinski definition) is 12. The summed E-state index contributed by atoms with van der Waals surface area (Å²) in [5.41, 5.74) is 4.21. The van der Waals surface area contributed by atoms with Crippen LogP contribution in [0.5, 0.6) is 17.4 Å². The van der Waals surface area contributed by atoms with Crippen LogP contribution in [-0.4, -0.2) is 105 Å². The molecule has 1 fully saturated rings. The van der Waals surface area contributed by atoms with Crippen molar-refractivity contribution in [3.63, 3.8) is 0 Å². The Kier molecular flexibility index (Phi) is 14.3. The molecule has 0 saturated carbocycles. The SMILES string of the molecule is C#C/C1=C(Cl)\C(C)=C(/CC)c2c(-c3ccc(F)cc3)sc3ncnc(c23)O[C@@H](C(=O)O)Cc2cc(ccc2OCc2ccnc(C3=CCC(F)(F)CC3)n2)OC[C@@H](CN2CCN(C)CC2)O1. The van der Waals surface area contributed by atoms with E-state index in [1.54, 1.807) is 42.6 Å². The number of likely N-dealkylation sites (N-methyl/N-ethyl adjacent to an activating group) is 1. The number of thiophene rings is 1. The molecular weight excluding hydrogens is 893 g/mol. The van der Waals surface area contributed by atoms with Crippen LogP contribution in [0.3, 0.4) is 0 Å². The first-order valence-corrected chi connectivity index (χ1v) is 22.8. The molecule has 2 aliphatic heterocycles. The zero-order valence-electron chi connectivity index (χ0n) is 36.7. The third-order valence-electron chi connectivity index (χ3n) is 11.9. The molecule has 0 radical (unpaired) electrons. The average Bonchev–Trinajstić information content (AvgIpc) is 3.70. The van der Waals surface area contributed by atoms with Crippen LogP contribution in [0.2, 0.25) is 0 Å². The Labute approximate surface area is 389 Å². The van der Waals surface area contributed by atoms with Crippen molar-refractivity contribution >= 4 is 50.3 Å². The number of halogens is 4. The fourth-order valence-electron chi connectivity index (χ4n) is 8.21. The van der Waals surface area contributed by atoms with Gasteiger partial charge in [-0.2, -0.15) is 0 Å². The second kappa shape index (κ2) is 20.3. The molecule has 0 unspecified atom stereocenters. The smallest absolute Gasteiger partial charge is 0.345 e. The number of carbonyl (C=O) groups is 1. The van der Waals surface area contributed by atoms with Gasteiger partial charge in [-0.25, -0.2) is 37.9 Å². The molecule has 5 aromatic rings. The van der Waals surface area contributed by atoms with Gasteiger partial charge in [0.1, 0.15) is 47.8 Å². The van der Waals surface area contributed by atoms with Gasteiger partial charge in [0.05, 0.1) is 16.1 Å². The number of aromatic nitrogens is 4. The summed E-state index contributed by atoms with van der Waals surface area (Å²) >= 11 is 8.58. The molecular formula is C49H48ClF3N6O6S. The summed E-state index contributed by atoms with van der Waals surface area (Å²) in [4.78, 5) is 37.0. The summed E-state index contributed by atoms with van der Waals surface area (Å²) in [7, 11) is 2.08. The number of carboxylic acids is 1. The number of hydrogen-bond donors (Lipinski definition) is 1. The maximum atomic E-state index is 14.3. The second-order valence-corrected chi connectivity index (χ2v) is 17.8. The molecule has 2 aromatic carbocycles. The zero-order valence-corrected chi connectivity index (χ0v) is 38.2. The van der Waals surface area contributed by atoms with Crippen LogP contribution in [0.15, 0.2) is 83.5 Å². The van der Waals surface area contributed by atoms with Crippen molar-refractivity contribution in [3.8, 4) is 40.2 Å². The summed E-state index contributed by atoms with van der Waals surface area (Å²) < 4.78 is 68.0. The fraction of sp³-hybridized carbons (Fsp3) is 0.367. The van der Waals surface area contributed by atoms with Crippen molar-refractivity contribution in [2.24, 2.45) is 0 Å². The van der Waals surface area contributed by atoms with Crippen molar-refractivity contribution in [2.45, 2.75) is 70.7 Å². The van der Waals surface area contributed by atoms with E-state index in [1.165, 1.54) is 35.9 Å². The summed E-state index contributed by atoms with van der Waals surface area (Å²) in [5.74, 6) is -0.555. The minimum absolute atomic E-state index is 0.00834. The van der Waals surface area contributed by atoms with Gasteiger partial charge in [-0.1, -0.05) is 36.7 Å². The van der Waals surface area contributed by atoms with Gasteiger partial charge in [0, 0.05) is 74.2 Å². The summed E-state index contributed by atoms with van der Waals surface area (Å²) in [6, 6.07) is 12.8. The normalized spacial score (nSPS) is 22.0. The number of nitrogens with zero attached hydrogens (tertiary/aromatic N) is 6. The molecule has 344 valence electrons. The van der Waals surface area contributed by atoms with Crippen LogP contribution in [0, 0.1) is 18.2 Å². The van der Waals surface area contributed by atoms with Gasteiger partial charge >= 0.3 is 5.97 Å². The van der Waals surface area contributed by atoms with E-state index in [0.717, 1.165) is 31.8 Å². The maximum absolute atomic E-state index is 14.3. The third kappa shape index (κ3) is 10.7. The first kappa shape index (κ1) is 46.5. The lowest BCUT2D eigenvalue weighted by molar-refractivity contribution is -0.145. The van der Waals surface area contributed by atoms with E-state index in [-0.39, 0.29) is 55.6 Å². The first-order valence-electron chi connectivity index (χ1n) is 21.6. The lowest BCUT2D eigenvalue weighted by Gasteiger charge is -2.34. The Morgan fingerprint density at radius 2 is 1.88 bits per heavy atom. The van der Waals surface area contributed by atoms with Gasteiger partial charge < -0.3 is 29.0 Å². The monoisotopic (exact) mass is 940 g/mol. The summed E-state index contributed by atoms with van der Waals surface area (Å²) in [6.45, 7) is 7.62. The van der Waals surface area contributed by atoms with Crippen LogP contribution < -0.4 is 14.2 Å². The second-order valence-electron chi connectivity index (χ2n) is 16.4. The molecule has 3 aliphatic rings. The van der Waals surface area contributed by atoms with Gasteiger partial charge in [0.25, 0.3) is 5.92 Å². The fourth-order valence-corrected chi connectivity index (χ4v) is 9.59.